The smallest absolute Gasteiger partial charge is 0.355 e. The lowest BCUT2D eigenvalue weighted by molar-refractivity contribution is -0.140. The Labute approximate surface area is 238 Å². The molecule has 0 aliphatic carbocycles. The van der Waals surface area contributed by atoms with Crippen molar-refractivity contribution in [3.8, 4) is 6.07 Å². The molecule has 1 amide bonds. The van der Waals surface area contributed by atoms with Gasteiger partial charge in [0.15, 0.2) is 0 Å². The Morgan fingerprint density at radius 2 is 1.76 bits per heavy atom. The van der Waals surface area contributed by atoms with E-state index in [-0.39, 0.29) is 12.3 Å². The third-order valence-electron chi connectivity index (χ3n) is 4.73. The number of amides is 1. The van der Waals surface area contributed by atoms with Crippen LogP contribution in [0.4, 0.5) is 11.4 Å². The van der Waals surface area contributed by atoms with Crippen LogP contribution in [-0.2, 0) is 20.9 Å². The van der Waals surface area contributed by atoms with E-state index in [1.54, 1.807) is 42.5 Å². The highest BCUT2D eigenvalue weighted by Gasteiger charge is 2.15. The molecule has 2 N–H and O–H groups in total. The standard InChI is InChI=1S/C28H20Cl2IN3O3/c29-21-16-23(30)27(31)25(17-21)34-24(28(36)37-18-20-6-2-1-3-7-20)9-4-10-26(35)33-22-13-11-19(12-14-22)8-5-15-32/h1-14,16-17,34H,18H2,(H,33,35)/b8-5?,10-4+,24-9+. The van der Waals surface area contributed by atoms with Crippen molar-refractivity contribution in [1.82, 2.24) is 0 Å². The highest BCUT2D eigenvalue weighted by atomic mass is 127. The van der Waals surface area contributed by atoms with Crippen molar-refractivity contribution in [3.63, 3.8) is 0 Å². The summed E-state index contributed by atoms with van der Waals surface area (Å²) in [5.41, 5.74) is 2.85. The Bertz CT molecular complexity index is 1400. The van der Waals surface area contributed by atoms with Crippen LogP contribution in [0.3, 0.4) is 0 Å². The van der Waals surface area contributed by atoms with Gasteiger partial charge in [-0.2, -0.15) is 5.26 Å². The highest BCUT2D eigenvalue weighted by molar-refractivity contribution is 14.1. The van der Waals surface area contributed by atoms with Crippen LogP contribution in [0.1, 0.15) is 11.1 Å². The van der Waals surface area contributed by atoms with Crippen molar-refractivity contribution < 1.29 is 14.3 Å². The van der Waals surface area contributed by atoms with Gasteiger partial charge in [0.25, 0.3) is 0 Å². The zero-order chi connectivity index (χ0) is 26.6. The minimum atomic E-state index is -0.623. The highest BCUT2D eigenvalue weighted by Crippen LogP contribution is 2.31. The third-order valence-corrected chi connectivity index (χ3v) is 6.73. The molecule has 0 atom stereocenters. The molecular weight excluding hydrogens is 624 g/mol. The van der Waals surface area contributed by atoms with Crippen LogP contribution in [0, 0.1) is 14.9 Å². The van der Waals surface area contributed by atoms with Gasteiger partial charge in [0.05, 0.1) is 20.3 Å². The van der Waals surface area contributed by atoms with Crippen LogP contribution >= 0.6 is 45.8 Å². The fourth-order valence-electron chi connectivity index (χ4n) is 2.98. The predicted octanol–water partition coefficient (Wildman–Crippen LogP) is 7.37. The number of nitrogens with zero attached hydrogens (tertiary/aromatic N) is 1. The zero-order valence-electron chi connectivity index (χ0n) is 19.3. The molecule has 0 aliphatic heterocycles. The van der Waals surface area contributed by atoms with E-state index in [0.717, 1.165) is 11.1 Å². The maximum atomic E-state index is 12.9. The number of hydrogen-bond donors (Lipinski definition) is 2. The van der Waals surface area contributed by atoms with Crippen LogP contribution < -0.4 is 10.6 Å². The molecule has 3 rings (SSSR count). The number of esters is 1. The Morgan fingerprint density at radius 1 is 1.03 bits per heavy atom. The number of rotatable bonds is 9. The van der Waals surface area contributed by atoms with Gasteiger partial charge in [0.1, 0.15) is 12.3 Å². The number of carbonyl (C=O) groups excluding carboxylic acids is 2. The van der Waals surface area contributed by atoms with Gasteiger partial charge < -0.3 is 15.4 Å². The Hall–Kier alpha value is -3.58. The molecule has 0 bridgehead atoms. The van der Waals surface area contributed by atoms with E-state index in [2.05, 4.69) is 10.6 Å². The molecule has 0 aliphatic rings. The van der Waals surface area contributed by atoms with Crippen molar-refractivity contribution in [2.45, 2.75) is 6.61 Å². The molecule has 0 aromatic heterocycles. The molecular formula is C28H20Cl2IN3O3. The van der Waals surface area contributed by atoms with Crippen molar-refractivity contribution in [1.29, 1.82) is 5.26 Å². The summed E-state index contributed by atoms with van der Waals surface area (Å²) in [6, 6.07) is 21.4. The molecule has 0 unspecified atom stereocenters. The molecule has 0 heterocycles. The van der Waals surface area contributed by atoms with Crippen LogP contribution in [0.15, 0.2) is 96.7 Å². The lowest BCUT2D eigenvalue weighted by atomic mass is 10.2. The summed E-state index contributed by atoms with van der Waals surface area (Å²) < 4.78 is 6.12. The van der Waals surface area contributed by atoms with Crippen LogP contribution in [0.25, 0.3) is 6.08 Å². The third kappa shape index (κ3) is 9.10. The number of nitrogens with one attached hydrogen (secondary N) is 2. The van der Waals surface area contributed by atoms with Crippen molar-refractivity contribution in [2.75, 3.05) is 10.6 Å². The molecule has 3 aromatic carbocycles. The number of anilines is 2. The van der Waals surface area contributed by atoms with Gasteiger partial charge in [-0.1, -0.05) is 71.7 Å². The van der Waals surface area contributed by atoms with E-state index in [0.29, 0.717) is 25.0 Å². The number of hydrogen-bond acceptors (Lipinski definition) is 5. The van der Waals surface area contributed by atoms with Gasteiger partial charge in [-0.3, -0.25) is 4.79 Å². The van der Waals surface area contributed by atoms with E-state index in [4.69, 9.17) is 33.2 Å². The van der Waals surface area contributed by atoms with Crippen LogP contribution in [-0.4, -0.2) is 11.9 Å². The molecule has 6 nitrogen and oxygen atoms in total. The van der Waals surface area contributed by atoms with Crippen molar-refractivity contribution in [3.05, 3.63) is 121 Å². The van der Waals surface area contributed by atoms with Crippen molar-refractivity contribution in [2.24, 2.45) is 0 Å². The quantitative estimate of drug-likeness (QED) is 0.0635. The molecule has 37 heavy (non-hydrogen) atoms. The summed E-state index contributed by atoms with van der Waals surface area (Å²) in [5, 5.41) is 15.2. The number of benzene rings is 3. The maximum Gasteiger partial charge on any atom is 0.355 e. The SMILES string of the molecule is N#CC=Cc1ccc(NC(=O)/C=C/C=C(/Nc2cc(Cl)cc(Cl)c2I)C(=O)OCc2ccccc2)cc1. The van der Waals surface area contributed by atoms with Crippen molar-refractivity contribution >= 4 is 75.1 Å². The number of ether oxygens (including phenoxy) is 1. The Balaban J connectivity index is 1.74. The molecule has 0 radical (unpaired) electrons. The monoisotopic (exact) mass is 643 g/mol. The van der Waals surface area contributed by atoms with E-state index in [9.17, 15) is 9.59 Å². The fraction of sp³-hybridized carbons (Fsp3) is 0.0357. The molecule has 9 heteroatoms. The van der Waals surface area contributed by atoms with Gasteiger partial charge in [0, 0.05) is 22.9 Å². The number of halogens is 3. The summed E-state index contributed by atoms with van der Waals surface area (Å²) >= 11 is 14.4. The molecule has 0 saturated carbocycles. The largest absolute Gasteiger partial charge is 0.456 e. The first-order chi connectivity index (χ1) is 17.9. The first-order valence-corrected chi connectivity index (χ1v) is 12.7. The average molecular weight is 644 g/mol. The number of carbonyl (C=O) groups is 2. The van der Waals surface area contributed by atoms with E-state index < -0.39 is 11.9 Å². The fourth-order valence-corrected chi connectivity index (χ4v) is 3.92. The van der Waals surface area contributed by atoms with Crippen LogP contribution in [0.5, 0.6) is 0 Å². The lowest BCUT2D eigenvalue weighted by Gasteiger charge is -2.13. The summed E-state index contributed by atoms with van der Waals surface area (Å²) in [7, 11) is 0. The second kappa shape index (κ2) is 14.2. The minimum absolute atomic E-state index is 0.0792. The molecule has 0 fully saturated rings. The van der Waals surface area contributed by atoms with E-state index in [1.807, 2.05) is 59.0 Å². The minimum Gasteiger partial charge on any atom is -0.456 e. The van der Waals surface area contributed by atoms with Gasteiger partial charge in [-0.25, -0.2) is 4.79 Å². The molecule has 0 spiro atoms. The molecule has 0 saturated heterocycles. The van der Waals surface area contributed by atoms with E-state index in [1.165, 1.54) is 24.3 Å². The van der Waals surface area contributed by atoms with Gasteiger partial charge in [-0.15, -0.1) is 0 Å². The summed E-state index contributed by atoms with van der Waals surface area (Å²) in [5.74, 6) is -1.02. The van der Waals surface area contributed by atoms with Gasteiger partial charge in [-0.05, 0) is 70.1 Å². The van der Waals surface area contributed by atoms with Crippen LogP contribution in [0.2, 0.25) is 10.0 Å². The van der Waals surface area contributed by atoms with Gasteiger partial charge >= 0.3 is 5.97 Å². The second-order valence-corrected chi connectivity index (χ2v) is 9.37. The van der Waals surface area contributed by atoms with Gasteiger partial charge in [0.2, 0.25) is 5.91 Å². The number of nitriles is 1. The molecule has 3 aromatic rings. The Morgan fingerprint density at radius 3 is 2.46 bits per heavy atom. The normalized spacial score (nSPS) is 11.4. The zero-order valence-corrected chi connectivity index (χ0v) is 22.9. The Kier molecular flexibility index (Phi) is 10.8. The first-order valence-electron chi connectivity index (χ1n) is 10.8. The maximum absolute atomic E-state index is 12.9. The average Bonchev–Trinajstić information content (AvgIpc) is 2.89. The summed E-state index contributed by atoms with van der Waals surface area (Å²) in [6.07, 6.45) is 7.19. The second-order valence-electron chi connectivity index (χ2n) is 7.45. The first kappa shape index (κ1) is 28.0. The summed E-state index contributed by atoms with van der Waals surface area (Å²) in [4.78, 5) is 25.3. The van der Waals surface area contributed by atoms with E-state index >= 15 is 0 Å². The predicted molar refractivity (Wildman–Crippen MR) is 156 cm³/mol. The number of allylic oxidation sites excluding steroid dienone is 3. The topological polar surface area (TPSA) is 91.2 Å². The summed E-state index contributed by atoms with van der Waals surface area (Å²) in [6.45, 7) is 0.0792. The molecule has 186 valence electrons. The lowest BCUT2D eigenvalue weighted by Crippen LogP contribution is -2.15.